The molecule has 1 atom stereocenters. The molecular formula is C35H41F6N5O6. The van der Waals surface area contributed by atoms with Gasteiger partial charge in [-0.1, -0.05) is 42.5 Å². The van der Waals surface area contributed by atoms with Gasteiger partial charge in [0.25, 0.3) is 11.8 Å². The van der Waals surface area contributed by atoms with Crippen LogP contribution < -0.4 is 10.2 Å². The summed E-state index contributed by atoms with van der Waals surface area (Å²) in [5, 5.41) is 10.2. The summed E-state index contributed by atoms with van der Waals surface area (Å²) in [7, 11) is 0. The summed E-state index contributed by atoms with van der Waals surface area (Å²) in [6, 6.07) is 8.44. The summed E-state index contributed by atoms with van der Waals surface area (Å²) in [6.07, 6.45) is -11.1. The van der Waals surface area contributed by atoms with Crippen molar-refractivity contribution in [1.82, 2.24) is 15.2 Å². The molecule has 1 aliphatic heterocycles. The van der Waals surface area contributed by atoms with Crippen LogP contribution in [0.3, 0.4) is 0 Å². The van der Waals surface area contributed by atoms with E-state index in [2.05, 4.69) is 20.5 Å². The van der Waals surface area contributed by atoms with Gasteiger partial charge in [0.1, 0.15) is 17.0 Å². The second kappa shape index (κ2) is 14.4. The van der Waals surface area contributed by atoms with Crippen molar-refractivity contribution < 1.29 is 54.6 Å². The molecule has 0 saturated heterocycles. The molecule has 2 aromatic heterocycles. The van der Waals surface area contributed by atoms with Gasteiger partial charge in [-0.2, -0.15) is 31.2 Å². The minimum Gasteiger partial charge on any atom is -0.443 e. The van der Waals surface area contributed by atoms with E-state index >= 15 is 13.2 Å². The number of rotatable bonds is 4. The zero-order chi connectivity index (χ0) is 38.9. The molecule has 0 unspecified atom stereocenters. The number of hydrogen-bond acceptors (Lipinski definition) is 10. The Morgan fingerprint density at radius 1 is 0.904 bits per heavy atom. The first-order chi connectivity index (χ1) is 23.8. The molecule has 0 radical (unpaired) electrons. The molecule has 0 aliphatic carbocycles. The Labute approximate surface area is 296 Å². The number of halogens is 6. The Kier molecular flexibility index (Phi) is 11.1. The predicted molar refractivity (Wildman–Crippen MR) is 177 cm³/mol. The number of nitrogens with one attached hydrogen (secondary N) is 1. The minimum atomic E-state index is -5.17. The van der Waals surface area contributed by atoms with E-state index in [1.165, 1.54) is 53.7 Å². The number of fused-ring (bicyclic) bond motifs is 5. The number of amides is 2. The van der Waals surface area contributed by atoms with Gasteiger partial charge in [0, 0.05) is 12.0 Å². The number of allylic oxidation sites excluding steroid dienone is 1. The number of hydrogen-bond donors (Lipinski definition) is 1. The largest absolute Gasteiger partial charge is 0.443 e. The van der Waals surface area contributed by atoms with Gasteiger partial charge >= 0.3 is 24.5 Å². The van der Waals surface area contributed by atoms with Crippen molar-refractivity contribution in [3.8, 4) is 11.6 Å². The summed E-state index contributed by atoms with van der Waals surface area (Å²) >= 11 is 0. The standard InChI is InChI=1S/C35H41F6N5O6/c1-30(2,3)51-28(47)46(29(48)52-31(4,5)6)23-19-22(34(36,37)38)25-42-24(23)26-44-45-27(50-26)33(35(39,40)41,49-20-21-15-11-9-12-16-21)18-14-10-13-17-32(7,8)43-25/h9-12,14-16,19H,13,17-18,20H2,1-8H3,(H,42,43)/t33-/m0/s1. The highest BCUT2D eigenvalue weighted by atomic mass is 19.4. The lowest BCUT2D eigenvalue weighted by molar-refractivity contribution is -0.295. The number of imide groups is 1. The fourth-order valence-corrected chi connectivity index (χ4v) is 5.01. The third-order valence-corrected chi connectivity index (χ3v) is 7.42. The average Bonchev–Trinajstić information content (AvgIpc) is 3.46. The average molecular weight is 742 g/mol. The summed E-state index contributed by atoms with van der Waals surface area (Å²) in [5.41, 5.74) is -9.61. The lowest BCUT2D eigenvalue weighted by Gasteiger charge is -2.32. The molecule has 52 heavy (non-hydrogen) atoms. The highest BCUT2D eigenvalue weighted by Crippen LogP contribution is 2.47. The third-order valence-electron chi connectivity index (χ3n) is 7.42. The van der Waals surface area contributed by atoms with Crippen molar-refractivity contribution in [2.75, 3.05) is 10.2 Å². The minimum absolute atomic E-state index is 0.138. The molecule has 0 fully saturated rings. The number of aromatic nitrogens is 3. The molecule has 3 aromatic rings. The van der Waals surface area contributed by atoms with Crippen molar-refractivity contribution in [1.29, 1.82) is 0 Å². The Balaban J connectivity index is 2.07. The molecule has 1 aromatic carbocycles. The van der Waals surface area contributed by atoms with Crippen LogP contribution in [0, 0.1) is 0 Å². The zero-order valence-electron chi connectivity index (χ0n) is 30.0. The zero-order valence-corrected chi connectivity index (χ0v) is 30.0. The molecule has 284 valence electrons. The van der Waals surface area contributed by atoms with Crippen LogP contribution in [0.2, 0.25) is 0 Å². The molecule has 0 saturated carbocycles. The number of nitrogens with zero attached hydrogens (tertiary/aromatic N) is 4. The highest BCUT2D eigenvalue weighted by molar-refractivity contribution is 6.11. The topological polar surface area (TPSA) is 129 Å². The Hall–Kier alpha value is -4.67. The quantitative estimate of drug-likeness (QED) is 0.204. The van der Waals surface area contributed by atoms with Crippen LogP contribution in [0.4, 0.5) is 47.4 Å². The summed E-state index contributed by atoms with van der Waals surface area (Å²) < 4.78 is 112. The molecule has 3 heterocycles. The van der Waals surface area contributed by atoms with Gasteiger partial charge < -0.3 is 23.9 Å². The van der Waals surface area contributed by atoms with E-state index in [1.54, 1.807) is 44.2 Å². The number of carbonyl (C=O) groups is 2. The van der Waals surface area contributed by atoms with Gasteiger partial charge in [0.05, 0.1) is 17.9 Å². The number of benzene rings is 1. The van der Waals surface area contributed by atoms with Crippen LogP contribution >= 0.6 is 0 Å². The number of alkyl halides is 6. The van der Waals surface area contributed by atoms with E-state index in [0.717, 1.165) is 0 Å². The van der Waals surface area contributed by atoms with E-state index in [-0.39, 0.29) is 17.7 Å². The first-order valence-corrected chi connectivity index (χ1v) is 16.2. The van der Waals surface area contributed by atoms with E-state index < -0.39 is 94.5 Å². The maximum Gasteiger partial charge on any atom is 0.426 e. The van der Waals surface area contributed by atoms with Crippen molar-refractivity contribution >= 4 is 23.7 Å². The maximum absolute atomic E-state index is 15.2. The van der Waals surface area contributed by atoms with Crippen LogP contribution in [0.15, 0.2) is 53.0 Å². The fraction of sp³-hybridized carbons (Fsp3) is 0.514. The lowest BCUT2D eigenvalue weighted by Crippen LogP contribution is -2.45. The smallest absolute Gasteiger partial charge is 0.426 e. The van der Waals surface area contributed by atoms with Gasteiger partial charge in [-0.3, -0.25) is 0 Å². The molecule has 11 nitrogen and oxygen atoms in total. The number of carbonyl (C=O) groups excluding carboxylic acids is 2. The van der Waals surface area contributed by atoms with Crippen LogP contribution in [-0.2, 0) is 32.6 Å². The van der Waals surface area contributed by atoms with Crippen LogP contribution in [0.5, 0.6) is 0 Å². The second-order valence-electron chi connectivity index (χ2n) is 14.8. The Morgan fingerprint density at radius 3 is 2.04 bits per heavy atom. The van der Waals surface area contributed by atoms with E-state index in [1.807, 2.05) is 0 Å². The van der Waals surface area contributed by atoms with Crippen LogP contribution in [0.1, 0.15) is 91.7 Å². The Morgan fingerprint density at radius 2 is 1.50 bits per heavy atom. The Bertz CT molecular complexity index is 1750. The first-order valence-electron chi connectivity index (χ1n) is 16.2. The van der Waals surface area contributed by atoms with E-state index in [0.29, 0.717) is 11.6 Å². The fourth-order valence-electron chi connectivity index (χ4n) is 5.01. The van der Waals surface area contributed by atoms with Crippen molar-refractivity contribution in [2.24, 2.45) is 0 Å². The van der Waals surface area contributed by atoms with Crippen LogP contribution in [-0.4, -0.2) is 50.3 Å². The van der Waals surface area contributed by atoms with Crippen LogP contribution in [0.25, 0.3) is 11.6 Å². The summed E-state index contributed by atoms with van der Waals surface area (Å²) in [4.78, 5) is 31.6. The second-order valence-corrected chi connectivity index (χ2v) is 14.8. The summed E-state index contributed by atoms with van der Waals surface area (Å²) in [6.45, 7) is 11.3. The third kappa shape index (κ3) is 9.60. The first kappa shape index (κ1) is 40.1. The maximum atomic E-state index is 15.2. The number of ether oxygens (including phenoxy) is 3. The van der Waals surface area contributed by atoms with Crippen molar-refractivity contribution in [3.05, 3.63) is 65.6 Å². The molecule has 4 rings (SSSR count). The number of pyridine rings is 1. The monoisotopic (exact) mass is 741 g/mol. The SMILES string of the molecule is CC1(C)CCC=CC[C@@](OCc2ccccc2)(C(F)(F)F)c2nnc(o2)-c2nc(c(C(F)(F)F)cc2N(C(=O)OC(C)(C)C)C(=O)OC(C)(C)C)N1. The summed E-state index contributed by atoms with van der Waals surface area (Å²) in [5.74, 6) is -2.75. The molecule has 17 heteroatoms. The molecule has 1 aliphatic rings. The number of anilines is 2. The molecule has 1 N–H and O–H groups in total. The molecule has 2 amide bonds. The van der Waals surface area contributed by atoms with E-state index in [9.17, 15) is 22.8 Å². The highest BCUT2D eigenvalue weighted by Gasteiger charge is 2.61. The predicted octanol–water partition coefficient (Wildman–Crippen LogP) is 9.73. The van der Waals surface area contributed by atoms with Gasteiger partial charge in [-0.15, -0.1) is 10.2 Å². The lowest BCUT2D eigenvalue weighted by atomic mass is 9.95. The van der Waals surface area contributed by atoms with E-state index in [4.69, 9.17) is 18.6 Å². The molecule has 0 spiro atoms. The van der Waals surface area contributed by atoms with Crippen molar-refractivity contribution in [3.63, 3.8) is 0 Å². The van der Waals surface area contributed by atoms with Gasteiger partial charge in [-0.05, 0) is 79.9 Å². The van der Waals surface area contributed by atoms with Gasteiger partial charge in [0.15, 0.2) is 5.69 Å². The normalized spacial score (nSPS) is 18.2. The van der Waals surface area contributed by atoms with Gasteiger partial charge in [0.2, 0.25) is 5.60 Å². The van der Waals surface area contributed by atoms with Crippen molar-refractivity contribution in [2.45, 2.75) is 116 Å². The molecular weight excluding hydrogens is 700 g/mol. The van der Waals surface area contributed by atoms with Gasteiger partial charge in [-0.25, -0.2) is 14.6 Å². The molecule has 4 bridgehead atoms.